The molecule has 1 aliphatic heterocycles. The van der Waals surface area contributed by atoms with Crippen molar-refractivity contribution >= 4 is 67.0 Å². The number of fused-ring (bicyclic) bond motifs is 5. The van der Waals surface area contributed by atoms with E-state index in [1.165, 1.54) is 13.2 Å². The number of halogens is 3. The molecule has 2 aromatic carbocycles. The van der Waals surface area contributed by atoms with E-state index in [0.717, 1.165) is 16.4 Å². The van der Waals surface area contributed by atoms with E-state index in [1.807, 2.05) is 0 Å². The molecule has 0 unspecified atom stereocenters. The predicted octanol–water partition coefficient (Wildman–Crippen LogP) is 4.37. The van der Waals surface area contributed by atoms with Gasteiger partial charge in [-0.05, 0) is 42.5 Å². The van der Waals surface area contributed by atoms with Crippen LogP contribution >= 0.6 is 43.5 Å². The number of carbonyl (C=O) groups excluding carboxylic acids is 4. The van der Waals surface area contributed by atoms with Gasteiger partial charge in [0, 0.05) is 15.2 Å². The van der Waals surface area contributed by atoms with Crippen molar-refractivity contribution in [3.8, 4) is 5.75 Å². The van der Waals surface area contributed by atoms with Crippen LogP contribution < -0.4 is 4.74 Å². The highest BCUT2D eigenvalue weighted by Gasteiger charge is 2.67. The van der Waals surface area contributed by atoms with Crippen LogP contribution in [0.3, 0.4) is 0 Å². The topological polar surface area (TPSA) is 84.0 Å². The Morgan fingerprint density at radius 2 is 1.66 bits per heavy atom. The summed E-state index contributed by atoms with van der Waals surface area (Å²) in [7, 11) is 1.49. The number of ketones is 1. The maximum Gasteiger partial charge on any atom is 0.274 e. The molecule has 0 radical (unpaired) electrons. The zero-order valence-corrected chi connectivity index (χ0v) is 22.5. The van der Waals surface area contributed by atoms with Crippen molar-refractivity contribution < 1.29 is 23.9 Å². The fourth-order valence-corrected chi connectivity index (χ4v) is 7.69. The maximum absolute atomic E-state index is 13.7. The molecule has 10 heteroatoms. The highest BCUT2D eigenvalue weighted by molar-refractivity contribution is 9.12. The Balaban J connectivity index is 1.52. The van der Waals surface area contributed by atoms with Crippen LogP contribution in [0, 0.1) is 23.7 Å². The lowest BCUT2D eigenvalue weighted by Gasteiger charge is -2.31. The van der Waals surface area contributed by atoms with Gasteiger partial charge in [-0.1, -0.05) is 67.7 Å². The van der Waals surface area contributed by atoms with Gasteiger partial charge >= 0.3 is 0 Å². The SMILES string of the molecule is COc1cccc(C(=O)CN(C(=O)c2ccccc2Cl)N2C(=O)[C@@H]3[C@H]4C[C@@H]([C@H](Br)[C@H]4Br)[C@@H]3C2=O)c1. The molecule has 3 aliphatic rings. The third-order valence-corrected chi connectivity index (χ3v) is 10.8. The molecule has 3 amide bonds. The second-order valence-corrected chi connectivity index (χ2v) is 11.5. The first-order chi connectivity index (χ1) is 16.7. The molecule has 1 heterocycles. The zero-order chi connectivity index (χ0) is 25.0. The van der Waals surface area contributed by atoms with Gasteiger partial charge in [0.05, 0.1) is 29.5 Å². The second kappa shape index (κ2) is 9.33. The number of hydrazine groups is 1. The monoisotopic (exact) mass is 622 g/mol. The average molecular weight is 625 g/mol. The summed E-state index contributed by atoms with van der Waals surface area (Å²) in [5, 5.41) is 2.01. The van der Waals surface area contributed by atoms with Gasteiger partial charge in [-0.3, -0.25) is 19.2 Å². The molecule has 6 atom stereocenters. The Morgan fingerprint density at radius 3 is 2.26 bits per heavy atom. The maximum atomic E-state index is 13.7. The number of rotatable bonds is 6. The number of nitrogens with zero attached hydrogens (tertiary/aromatic N) is 2. The van der Waals surface area contributed by atoms with Crippen LogP contribution in [0.1, 0.15) is 27.1 Å². The summed E-state index contributed by atoms with van der Waals surface area (Å²) in [6.07, 6.45) is 0.758. The molecule has 3 fully saturated rings. The molecular weight excluding hydrogens is 604 g/mol. The first-order valence-corrected chi connectivity index (χ1v) is 13.3. The van der Waals surface area contributed by atoms with Crippen molar-refractivity contribution in [1.29, 1.82) is 0 Å². The number of Topliss-reactive ketones (excluding diaryl/α,β-unsaturated/α-hetero) is 1. The molecule has 0 N–H and O–H groups in total. The second-order valence-electron chi connectivity index (χ2n) is 8.99. The normalized spacial score (nSPS) is 28.9. The Morgan fingerprint density at radius 1 is 1.03 bits per heavy atom. The summed E-state index contributed by atoms with van der Waals surface area (Å²) in [6, 6.07) is 12.9. The fraction of sp³-hybridized carbons (Fsp3) is 0.360. The van der Waals surface area contributed by atoms with Crippen molar-refractivity contribution in [2.75, 3.05) is 13.7 Å². The first kappa shape index (κ1) is 24.5. The summed E-state index contributed by atoms with van der Waals surface area (Å²) in [6.45, 7) is -0.501. The van der Waals surface area contributed by atoms with Crippen LogP contribution in [0.2, 0.25) is 5.02 Å². The van der Waals surface area contributed by atoms with Crippen LogP contribution in [0.5, 0.6) is 5.75 Å². The Bertz CT molecular complexity index is 1210. The number of imide groups is 1. The Kier molecular flexibility index (Phi) is 6.52. The number of benzene rings is 2. The Labute approximate surface area is 224 Å². The number of methoxy groups -OCH3 is 1. The quantitative estimate of drug-likeness (QED) is 0.271. The highest BCUT2D eigenvalue weighted by Crippen LogP contribution is 2.60. The van der Waals surface area contributed by atoms with Gasteiger partial charge in [0.1, 0.15) is 12.3 Å². The standard InChI is InChI=1S/C25H21Br2ClN2O5/c1-35-13-6-4-5-12(9-13)18(31)11-29(23(32)14-7-2-3-8-17(14)28)30-24(33)19-15-10-16(20(19)25(30)34)22(27)21(15)26/h2-9,15-16,19-22H,10-11H2,1H3/t15-,16-,19-,20+,21+,22+/m1/s1. The fourth-order valence-electron chi connectivity index (χ4n) is 5.60. The van der Waals surface area contributed by atoms with Crippen LogP contribution in [-0.4, -0.2) is 56.8 Å². The molecule has 2 aliphatic carbocycles. The summed E-state index contributed by atoms with van der Waals surface area (Å²) in [5.41, 5.74) is 0.395. The third kappa shape index (κ3) is 3.92. The lowest BCUT2D eigenvalue weighted by molar-refractivity contribution is -0.154. The highest BCUT2D eigenvalue weighted by atomic mass is 79.9. The van der Waals surface area contributed by atoms with Gasteiger partial charge < -0.3 is 4.74 Å². The molecule has 0 spiro atoms. The van der Waals surface area contributed by atoms with Gasteiger partial charge in [0.25, 0.3) is 17.7 Å². The number of carbonyl (C=O) groups is 4. The van der Waals surface area contributed by atoms with Gasteiger partial charge in [0.15, 0.2) is 5.78 Å². The molecular formula is C25H21Br2ClN2O5. The van der Waals surface area contributed by atoms with Crippen LogP contribution in [0.4, 0.5) is 0 Å². The third-order valence-electron chi connectivity index (χ3n) is 7.23. The number of hydrogen-bond acceptors (Lipinski definition) is 5. The van der Waals surface area contributed by atoms with Crippen LogP contribution in [-0.2, 0) is 9.59 Å². The van der Waals surface area contributed by atoms with Crippen LogP contribution in [0.25, 0.3) is 0 Å². The summed E-state index contributed by atoms with van der Waals surface area (Å²) in [5.74, 6) is -2.66. The van der Waals surface area contributed by atoms with E-state index >= 15 is 0 Å². The average Bonchev–Trinajstić information content (AvgIpc) is 3.47. The minimum atomic E-state index is -0.688. The van der Waals surface area contributed by atoms with Gasteiger partial charge in [-0.15, -0.1) is 0 Å². The molecule has 1 saturated heterocycles. The smallest absolute Gasteiger partial charge is 0.274 e. The lowest BCUT2D eigenvalue weighted by atomic mass is 9.81. The molecule has 5 rings (SSSR count). The number of ether oxygens (including phenoxy) is 1. The van der Waals surface area contributed by atoms with E-state index < -0.39 is 41.9 Å². The summed E-state index contributed by atoms with van der Waals surface area (Å²) < 4.78 is 5.20. The van der Waals surface area contributed by atoms with E-state index in [2.05, 4.69) is 31.9 Å². The van der Waals surface area contributed by atoms with Crippen LogP contribution in [0.15, 0.2) is 48.5 Å². The van der Waals surface area contributed by atoms with Crippen molar-refractivity contribution in [2.24, 2.45) is 23.7 Å². The van der Waals surface area contributed by atoms with Gasteiger partial charge in [-0.2, -0.15) is 5.01 Å². The molecule has 2 aromatic rings. The minimum absolute atomic E-state index is 0.0258. The van der Waals surface area contributed by atoms with E-state index in [4.69, 9.17) is 16.3 Å². The Hall–Kier alpha value is -2.23. The van der Waals surface area contributed by atoms with Gasteiger partial charge in [-0.25, -0.2) is 5.01 Å². The zero-order valence-electron chi connectivity index (χ0n) is 18.6. The van der Waals surface area contributed by atoms with E-state index in [1.54, 1.807) is 42.5 Å². The summed E-state index contributed by atoms with van der Waals surface area (Å²) >= 11 is 13.6. The lowest BCUT2D eigenvalue weighted by Crippen LogP contribution is -2.52. The number of alkyl halides is 2. The summed E-state index contributed by atoms with van der Waals surface area (Å²) in [4.78, 5) is 54.3. The largest absolute Gasteiger partial charge is 0.497 e. The minimum Gasteiger partial charge on any atom is -0.497 e. The molecule has 0 aromatic heterocycles. The number of hydrogen-bond donors (Lipinski definition) is 0. The molecule has 35 heavy (non-hydrogen) atoms. The van der Waals surface area contributed by atoms with Crippen molar-refractivity contribution in [3.05, 3.63) is 64.7 Å². The molecule has 2 saturated carbocycles. The van der Waals surface area contributed by atoms with Gasteiger partial charge in [0.2, 0.25) is 0 Å². The number of amides is 3. The predicted molar refractivity (Wildman–Crippen MR) is 136 cm³/mol. The molecule has 182 valence electrons. The van der Waals surface area contributed by atoms with Crippen molar-refractivity contribution in [1.82, 2.24) is 10.0 Å². The first-order valence-electron chi connectivity index (χ1n) is 11.1. The van der Waals surface area contributed by atoms with E-state index in [0.29, 0.717) is 11.3 Å². The van der Waals surface area contributed by atoms with E-state index in [-0.39, 0.29) is 32.1 Å². The van der Waals surface area contributed by atoms with E-state index in [9.17, 15) is 19.2 Å². The molecule has 7 nitrogen and oxygen atoms in total. The van der Waals surface area contributed by atoms with Crippen molar-refractivity contribution in [2.45, 2.75) is 16.1 Å². The van der Waals surface area contributed by atoms with Crippen molar-refractivity contribution in [3.63, 3.8) is 0 Å². The molecule has 2 bridgehead atoms.